The highest BCUT2D eigenvalue weighted by molar-refractivity contribution is 6.02. The number of rotatable bonds is 9. The van der Waals surface area contributed by atoms with E-state index in [1.165, 1.54) is 38.2 Å². The molecule has 3 aromatic carbocycles. The molecule has 3 aromatic heterocycles. The number of benzene rings is 3. The van der Waals surface area contributed by atoms with E-state index in [0.717, 1.165) is 93.7 Å². The fraction of sp³-hybridized carbons (Fsp3) is 0.316. The Balaban J connectivity index is 1.08. The van der Waals surface area contributed by atoms with Crippen LogP contribution in [0.4, 0.5) is 4.39 Å². The molecule has 0 radical (unpaired) electrons. The SMILES string of the molecule is Fc1cc(OCCN2CCCC2)cc(-c2cccc3[nH]c(-c4n[nH]c5ccc(-c6cncc(OC7CCCCC7)c6)cc45)cc23)c1. The number of fused-ring (bicyclic) bond motifs is 2. The first-order valence-electron chi connectivity index (χ1n) is 16.5. The summed E-state index contributed by atoms with van der Waals surface area (Å²) in [5, 5.41) is 9.90. The second kappa shape index (κ2) is 12.6. The molecule has 234 valence electrons. The van der Waals surface area contributed by atoms with Gasteiger partial charge in [0.25, 0.3) is 0 Å². The summed E-state index contributed by atoms with van der Waals surface area (Å²) in [5.41, 5.74) is 7.38. The van der Waals surface area contributed by atoms with E-state index in [2.05, 4.69) is 50.3 Å². The topological polar surface area (TPSA) is 79.1 Å². The van der Waals surface area contributed by atoms with Gasteiger partial charge in [0, 0.05) is 40.7 Å². The third kappa shape index (κ3) is 5.97. The van der Waals surface area contributed by atoms with Gasteiger partial charge >= 0.3 is 0 Å². The van der Waals surface area contributed by atoms with E-state index in [9.17, 15) is 4.39 Å². The first-order chi connectivity index (χ1) is 22.7. The Bertz CT molecular complexity index is 1990. The van der Waals surface area contributed by atoms with E-state index in [1.807, 2.05) is 36.7 Å². The van der Waals surface area contributed by atoms with Crippen LogP contribution >= 0.6 is 0 Å². The highest BCUT2D eigenvalue weighted by atomic mass is 19.1. The summed E-state index contributed by atoms with van der Waals surface area (Å²) in [4.78, 5) is 10.5. The summed E-state index contributed by atoms with van der Waals surface area (Å²) >= 11 is 0. The zero-order chi connectivity index (χ0) is 30.9. The van der Waals surface area contributed by atoms with Crippen molar-refractivity contribution in [2.75, 3.05) is 26.2 Å². The number of nitrogens with zero attached hydrogens (tertiary/aromatic N) is 3. The molecule has 0 amide bonds. The van der Waals surface area contributed by atoms with Gasteiger partial charge in [-0.05, 0) is 111 Å². The first-order valence-corrected chi connectivity index (χ1v) is 16.5. The number of H-pyrrole nitrogens is 2. The zero-order valence-corrected chi connectivity index (χ0v) is 25.9. The van der Waals surface area contributed by atoms with Crippen LogP contribution in [-0.4, -0.2) is 57.4 Å². The van der Waals surface area contributed by atoms with Gasteiger partial charge in [-0.1, -0.05) is 24.6 Å². The molecule has 8 rings (SSSR count). The standard InChI is InChI=1S/C38H38FN5O2/c39-28-17-26(18-30(21-28)45-16-15-44-13-4-5-14-44)32-9-6-10-35-33(32)22-37(41-35)38-34-20-25(11-12-36(34)42-43-38)27-19-31(24-40-23-27)46-29-7-2-1-3-8-29/h6,9-12,17-24,29,41H,1-5,7-8,13-16H2,(H,42,43). The maximum Gasteiger partial charge on any atom is 0.138 e. The van der Waals surface area contributed by atoms with Crippen molar-refractivity contribution >= 4 is 21.8 Å². The highest BCUT2D eigenvalue weighted by Gasteiger charge is 2.18. The molecule has 1 saturated heterocycles. The summed E-state index contributed by atoms with van der Waals surface area (Å²) < 4.78 is 27.2. The van der Waals surface area contributed by atoms with E-state index in [1.54, 1.807) is 6.07 Å². The lowest BCUT2D eigenvalue weighted by atomic mass is 9.98. The molecular weight excluding hydrogens is 577 g/mol. The third-order valence-electron chi connectivity index (χ3n) is 9.44. The van der Waals surface area contributed by atoms with Gasteiger partial charge in [0.2, 0.25) is 0 Å². The lowest BCUT2D eigenvalue weighted by molar-refractivity contribution is 0.154. The summed E-state index contributed by atoms with van der Waals surface area (Å²) in [6, 6.07) is 21.5. The number of hydrogen-bond acceptors (Lipinski definition) is 5. The van der Waals surface area contributed by atoms with Gasteiger partial charge in [0.15, 0.2) is 0 Å². The van der Waals surface area contributed by atoms with E-state index in [-0.39, 0.29) is 11.9 Å². The molecule has 2 fully saturated rings. The van der Waals surface area contributed by atoms with Crippen molar-refractivity contribution in [1.29, 1.82) is 0 Å². The van der Waals surface area contributed by atoms with Crippen LogP contribution in [0.25, 0.3) is 55.4 Å². The summed E-state index contributed by atoms with van der Waals surface area (Å²) in [7, 11) is 0. The van der Waals surface area contributed by atoms with Gasteiger partial charge in [0.05, 0.1) is 23.5 Å². The Labute approximate surface area is 267 Å². The normalized spacial score (nSPS) is 16.0. The number of aromatic amines is 2. The Morgan fingerprint density at radius 2 is 1.65 bits per heavy atom. The van der Waals surface area contributed by atoms with Crippen molar-refractivity contribution in [3.63, 3.8) is 0 Å². The molecule has 2 aliphatic rings. The number of pyridine rings is 1. The van der Waals surface area contributed by atoms with Gasteiger partial charge < -0.3 is 14.5 Å². The predicted octanol–water partition coefficient (Wildman–Crippen LogP) is 8.77. The largest absolute Gasteiger partial charge is 0.492 e. The average Bonchev–Trinajstić information content (AvgIpc) is 3.85. The molecule has 0 spiro atoms. The fourth-order valence-corrected chi connectivity index (χ4v) is 7.05. The van der Waals surface area contributed by atoms with Crippen molar-refractivity contribution in [1.82, 2.24) is 25.1 Å². The quantitative estimate of drug-likeness (QED) is 0.170. The molecule has 1 saturated carbocycles. The summed E-state index contributed by atoms with van der Waals surface area (Å²) in [5.74, 6) is 1.06. The Morgan fingerprint density at radius 3 is 2.54 bits per heavy atom. The molecule has 8 heteroatoms. The van der Waals surface area contributed by atoms with Crippen LogP contribution < -0.4 is 9.47 Å². The van der Waals surface area contributed by atoms with Crippen LogP contribution in [0.2, 0.25) is 0 Å². The van der Waals surface area contributed by atoms with Crippen LogP contribution in [0.15, 0.2) is 79.1 Å². The molecule has 4 heterocycles. The maximum absolute atomic E-state index is 14.8. The van der Waals surface area contributed by atoms with Crippen LogP contribution in [0.3, 0.4) is 0 Å². The molecule has 1 aliphatic heterocycles. The summed E-state index contributed by atoms with van der Waals surface area (Å²) in [6.07, 6.45) is 12.4. The maximum atomic E-state index is 14.8. The smallest absolute Gasteiger partial charge is 0.138 e. The van der Waals surface area contributed by atoms with Gasteiger partial charge in [-0.2, -0.15) is 5.10 Å². The first kappa shape index (κ1) is 28.8. The number of halogens is 1. The minimum absolute atomic E-state index is 0.270. The van der Waals surface area contributed by atoms with Crippen molar-refractivity contribution < 1.29 is 13.9 Å². The Hall–Kier alpha value is -4.69. The number of ether oxygens (including phenoxy) is 2. The molecule has 0 bridgehead atoms. The summed E-state index contributed by atoms with van der Waals surface area (Å²) in [6.45, 7) is 3.63. The molecule has 46 heavy (non-hydrogen) atoms. The fourth-order valence-electron chi connectivity index (χ4n) is 7.05. The van der Waals surface area contributed by atoms with Crippen LogP contribution in [0.5, 0.6) is 11.5 Å². The monoisotopic (exact) mass is 615 g/mol. The van der Waals surface area contributed by atoms with Gasteiger partial charge in [-0.25, -0.2) is 4.39 Å². The predicted molar refractivity (Wildman–Crippen MR) is 181 cm³/mol. The molecule has 0 unspecified atom stereocenters. The average molecular weight is 616 g/mol. The Kier molecular flexibility index (Phi) is 7.88. The number of hydrogen-bond donors (Lipinski definition) is 2. The Morgan fingerprint density at radius 1 is 0.783 bits per heavy atom. The van der Waals surface area contributed by atoms with Crippen molar-refractivity contribution in [2.45, 2.75) is 51.0 Å². The molecule has 1 aliphatic carbocycles. The van der Waals surface area contributed by atoms with E-state index < -0.39 is 0 Å². The zero-order valence-electron chi connectivity index (χ0n) is 25.9. The number of aromatic nitrogens is 4. The lowest BCUT2D eigenvalue weighted by Gasteiger charge is -2.23. The van der Waals surface area contributed by atoms with E-state index in [4.69, 9.17) is 14.6 Å². The highest BCUT2D eigenvalue weighted by Crippen LogP contribution is 2.37. The lowest BCUT2D eigenvalue weighted by Crippen LogP contribution is -2.25. The van der Waals surface area contributed by atoms with Crippen LogP contribution in [-0.2, 0) is 0 Å². The van der Waals surface area contributed by atoms with Crippen molar-refractivity contribution in [3.05, 3.63) is 84.9 Å². The van der Waals surface area contributed by atoms with Crippen molar-refractivity contribution in [3.8, 4) is 45.1 Å². The minimum atomic E-state index is -0.310. The second-order valence-corrected chi connectivity index (χ2v) is 12.6. The van der Waals surface area contributed by atoms with Gasteiger partial charge in [-0.15, -0.1) is 0 Å². The number of likely N-dealkylation sites (tertiary alicyclic amines) is 1. The van der Waals surface area contributed by atoms with E-state index in [0.29, 0.717) is 12.4 Å². The third-order valence-corrected chi connectivity index (χ3v) is 9.44. The second-order valence-electron chi connectivity index (χ2n) is 12.6. The molecule has 7 nitrogen and oxygen atoms in total. The number of nitrogens with one attached hydrogen (secondary N) is 2. The molecule has 2 N–H and O–H groups in total. The van der Waals surface area contributed by atoms with Crippen LogP contribution in [0.1, 0.15) is 44.9 Å². The van der Waals surface area contributed by atoms with Gasteiger partial charge in [-0.3, -0.25) is 15.0 Å². The molecule has 6 aromatic rings. The minimum Gasteiger partial charge on any atom is -0.492 e. The van der Waals surface area contributed by atoms with Crippen LogP contribution in [0, 0.1) is 5.82 Å². The van der Waals surface area contributed by atoms with Crippen molar-refractivity contribution in [2.24, 2.45) is 0 Å². The van der Waals surface area contributed by atoms with E-state index >= 15 is 0 Å². The van der Waals surface area contributed by atoms with Gasteiger partial charge in [0.1, 0.15) is 29.6 Å². The molecular formula is C38H38FN5O2. The molecule has 0 atom stereocenters.